The van der Waals surface area contributed by atoms with Gasteiger partial charge in [-0.3, -0.25) is 9.59 Å². The third kappa shape index (κ3) is 23.8. The van der Waals surface area contributed by atoms with Gasteiger partial charge < -0.3 is 38.0 Å². The van der Waals surface area contributed by atoms with Crippen molar-refractivity contribution in [1.82, 2.24) is 0 Å². The van der Waals surface area contributed by atoms with Crippen molar-refractivity contribution in [3.8, 4) is 0 Å². The second-order valence-corrected chi connectivity index (χ2v) is 14.2. The number of Topliss-reactive ketones (excluding diaryl/α,β-unsaturated/α-hetero) is 1. The van der Waals surface area contributed by atoms with Crippen LogP contribution in [0.3, 0.4) is 0 Å². The molecule has 45 heavy (non-hydrogen) atoms. The Bertz CT molecular complexity index is 1120. The van der Waals surface area contributed by atoms with E-state index in [0.29, 0.717) is 12.4 Å². The van der Waals surface area contributed by atoms with Crippen LogP contribution in [-0.4, -0.2) is 78.6 Å². The standard InChI is InChI=1S/C10H20O2Si.C8H8O6.C7H12O2.C6H10O3/c1-7-9(2)8-10(11-3)12-13(4,5)6;1-12-5(9)3-4-7(13-2)6(10)8(11)14-4;1-4-6(2)5-7(8)9-3;1-3-5(7)4-6(8)9-2/h7-8H,1-6H3;3,10H,1-2H3;5H,4H2,1-3H3;3-4H2,1-2H3/b;4-3-;6-5+;. The fraction of sp³-hybridized carbons (Fsp3) is 0.516. The summed E-state index contributed by atoms with van der Waals surface area (Å²) in [6.07, 6.45) is 7.54. The molecule has 1 heterocycles. The third-order valence-electron chi connectivity index (χ3n) is 4.98. The van der Waals surface area contributed by atoms with Gasteiger partial charge in [-0.15, -0.1) is 0 Å². The van der Waals surface area contributed by atoms with Crippen LogP contribution in [0.15, 0.2) is 58.7 Å². The molecule has 0 radical (unpaired) electrons. The van der Waals surface area contributed by atoms with E-state index < -0.39 is 32.0 Å². The van der Waals surface area contributed by atoms with E-state index in [0.717, 1.165) is 23.6 Å². The maximum Gasteiger partial charge on any atom is 0.383 e. The number of aliphatic hydroxyl groups excluding tert-OH is 1. The predicted molar refractivity (Wildman–Crippen MR) is 170 cm³/mol. The number of ketones is 1. The molecule has 0 aromatic rings. The predicted octanol–water partition coefficient (Wildman–Crippen LogP) is 5.35. The molecule has 1 aliphatic heterocycles. The number of allylic oxidation sites excluding steroid dienone is 4. The average molecular weight is 659 g/mol. The molecule has 0 saturated heterocycles. The first-order valence-corrected chi connectivity index (χ1v) is 17.2. The fourth-order valence-corrected chi connectivity index (χ4v) is 3.03. The van der Waals surface area contributed by atoms with Crippen LogP contribution in [-0.2, 0) is 56.8 Å². The second-order valence-electron chi connectivity index (χ2n) is 9.73. The Kier molecular flexibility index (Phi) is 25.1. The van der Waals surface area contributed by atoms with E-state index in [1.54, 1.807) is 14.0 Å². The van der Waals surface area contributed by atoms with E-state index in [9.17, 15) is 24.0 Å². The lowest BCUT2D eigenvalue weighted by atomic mass is 10.2. The van der Waals surface area contributed by atoms with Gasteiger partial charge in [0.05, 0.1) is 41.6 Å². The van der Waals surface area contributed by atoms with E-state index in [4.69, 9.17) is 14.3 Å². The van der Waals surface area contributed by atoms with Crippen LogP contribution >= 0.6 is 0 Å². The molecule has 1 rings (SSSR count). The lowest BCUT2D eigenvalue weighted by Gasteiger charge is -2.20. The Morgan fingerprint density at radius 2 is 1.40 bits per heavy atom. The van der Waals surface area contributed by atoms with Gasteiger partial charge in [-0.25, -0.2) is 14.4 Å². The van der Waals surface area contributed by atoms with Gasteiger partial charge in [0.15, 0.2) is 5.76 Å². The summed E-state index contributed by atoms with van der Waals surface area (Å²) in [6.45, 7) is 16.0. The van der Waals surface area contributed by atoms with Gasteiger partial charge in [0.25, 0.3) is 5.95 Å². The largest absolute Gasteiger partial charge is 0.520 e. The minimum absolute atomic E-state index is 0.0816. The second kappa shape index (κ2) is 25.0. The van der Waals surface area contributed by atoms with Crippen molar-refractivity contribution in [2.75, 3.05) is 35.5 Å². The van der Waals surface area contributed by atoms with Crippen LogP contribution in [0.4, 0.5) is 0 Å². The van der Waals surface area contributed by atoms with E-state index in [1.807, 2.05) is 39.8 Å². The number of carbonyl (C=O) groups is 5. The van der Waals surface area contributed by atoms with Crippen molar-refractivity contribution < 1.29 is 61.9 Å². The highest BCUT2D eigenvalue weighted by atomic mass is 28.4. The van der Waals surface area contributed by atoms with Crippen molar-refractivity contribution in [1.29, 1.82) is 0 Å². The summed E-state index contributed by atoms with van der Waals surface area (Å²) in [5, 5.41) is 9.10. The van der Waals surface area contributed by atoms with Crippen LogP contribution in [0.5, 0.6) is 0 Å². The van der Waals surface area contributed by atoms with Gasteiger partial charge in [0, 0.05) is 18.6 Å². The average Bonchev–Trinajstić information content (AvgIpc) is 3.27. The molecule has 0 aromatic carbocycles. The zero-order chi connectivity index (χ0) is 35.8. The Hall–Kier alpha value is -4.33. The molecule has 1 N–H and O–H groups in total. The molecule has 0 spiro atoms. The molecule has 0 saturated carbocycles. The zero-order valence-corrected chi connectivity index (χ0v) is 29.8. The van der Waals surface area contributed by atoms with E-state index >= 15 is 0 Å². The van der Waals surface area contributed by atoms with E-state index in [-0.39, 0.29) is 29.7 Å². The number of ether oxygens (including phenoxy) is 6. The molecule has 0 fully saturated rings. The fourth-order valence-electron chi connectivity index (χ4n) is 2.28. The first-order valence-electron chi connectivity index (χ1n) is 13.8. The Morgan fingerprint density at radius 1 is 0.844 bits per heavy atom. The van der Waals surface area contributed by atoms with Crippen molar-refractivity contribution in [3.05, 3.63) is 58.7 Å². The molecule has 1 aliphatic rings. The molecule has 14 heteroatoms. The molecule has 0 aliphatic carbocycles. The van der Waals surface area contributed by atoms with Crippen LogP contribution < -0.4 is 0 Å². The summed E-state index contributed by atoms with van der Waals surface area (Å²) in [5.41, 5.74) is 2.19. The molecule has 0 unspecified atom stereocenters. The molecule has 0 atom stereocenters. The maximum absolute atomic E-state index is 10.8. The summed E-state index contributed by atoms with van der Waals surface area (Å²) in [6, 6.07) is 0. The summed E-state index contributed by atoms with van der Waals surface area (Å²) >= 11 is 0. The number of rotatable bonds is 11. The number of hydrogen-bond acceptors (Lipinski definition) is 13. The van der Waals surface area contributed by atoms with Gasteiger partial charge in [0.2, 0.25) is 19.8 Å². The summed E-state index contributed by atoms with van der Waals surface area (Å²) in [5.74, 6) is -2.87. The Labute approximate surface area is 267 Å². The van der Waals surface area contributed by atoms with Crippen molar-refractivity contribution in [2.45, 2.75) is 73.5 Å². The van der Waals surface area contributed by atoms with Crippen LogP contribution in [0.2, 0.25) is 19.6 Å². The van der Waals surface area contributed by atoms with Crippen LogP contribution in [0.25, 0.3) is 0 Å². The minimum Gasteiger partial charge on any atom is -0.520 e. The number of aliphatic hydroxyl groups is 1. The van der Waals surface area contributed by atoms with Crippen LogP contribution in [0, 0.1) is 0 Å². The van der Waals surface area contributed by atoms with E-state index in [1.165, 1.54) is 34.5 Å². The lowest BCUT2D eigenvalue weighted by Crippen LogP contribution is -2.25. The molecular formula is C31H50O13Si. The molecular weight excluding hydrogens is 608 g/mol. The SMILES string of the molecule is CC/C(C)=C/C(=O)OC.CC=C(C)C=C(OC)O[Si](C)(C)C.CCC(=O)CC(=O)OC.COC(=O)/C=C1\OC(=O)C(O)=C1OC. The number of esters is 4. The number of cyclic esters (lactones) is 1. The first kappa shape index (κ1) is 45.1. The summed E-state index contributed by atoms with van der Waals surface area (Å²) in [7, 11) is 5.15. The topological polar surface area (TPSA) is 170 Å². The van der Waals surface area contributed by atoms with Crippen molar-refractivity contribution in [2.24, 2.45) is 0 Å². The monoisotopic (exact) mass is 658 g/mol. The first-order chi connectivity index (χ1) is 20.9. The Balaban J connectivity index is -0.000000534. The van der Waals surface area contributed by atoms with Crippen molar-refractivity contribution in [3.63, 3.8) is 0 Å². The number of carbonyl (C=O) groups excluding carboxylic acids is 5. The van der Waals surface area contributed by atoms with E-state index in [2.05, 4.69) is 43.3 Å². The van der Waals surface area contributed by atoms with Gasteiger partial charge in [0.1, 0.15) is 12.2 Å². The normalized spacial score (nSPS) is 13.8. The maximum atomic E-state index is 10.8. The number of methoxy groups -OCH3 is 5. The Morgan fingerprint density at radius 3 is 1.78 bits per heavy atom. The molecule has 0 aromatic heterocycles. The lowest BCUT2D eigenvalue weighted by molar-refractivity contribution is -0.143. The third-order valence-corrected chi connectivity index (χ3v) is 5.80. The molecule has 0 amide bonds. The molecule has 0 bridgehead atoms. The van der Waals surface area contributed by atoms with Gasteiger partial charge in [-0.05, 0) is 52.4 Å². The molecule has 13 nitrogen and oxygen atoms in total. The minimum atomic E-state index is -1.54. The van der Waals surface area contributed by atoms with Crippen molar-refractivity contribution >= 4 is 38.0 Å². The highest BCUT2D eigenvalue weighted by Gasteiger charge is 2.31. The van der Waals surface area contributed by atoms with Gasteiger partial charge in [-0.2, -0.15) is 0 Å². The van der Waals surface area contributed by atoms with Gasteiger partial charge >= 0.3 is 23.9 Å². The number of hydrogen-bond donors (Lipinski definition) is 1. The summed E-state index contributed by atoms with van der Waals surface area (Å²) in [4.78, 5) is 52.9. The summed E-state index contributed by atoms with van der Waals surface area (Å²) < 4.78 is 33.0. The van der Waals surface area contributed by atoms with Crippen LogP contribution in [0.1, 0.15) is 53.9 Å². The zero-order valence-electron chi connectivity index (χ0n) is 28.8. The highest BCUT2D eigenvalue weighted by Crippen LogP contribution is 2.24. The molecule has 256 valence electrons. The van der Waals surface area contributed by atoms with Gasteiger partial charge in [-0.1, -0.05) is 25.5 Å². The smallest absolute Gasteiger partial charge is 0.383 e. The highest BCUT2D eigenvalue weighted by molar-refractivity contribution is 6.70. The quantitative estimate of drug-likeness (QED) is 0.0573.